The summed E-state index contributed by atoms with van der Waals surface area (Å²) in [7, 11) is 3.00. The quantitative estimate of drug-likeness (QED) is 0.467. The molecular formula is C12H20N2O3. The minimum atomic E-state index is -0.322. The third kappa shape index (κ3) is 7.50. The zero-order chi connectivity index (χ0) is 13.1. The Labute approximate surface area is 103 Å². The van der Waals surface area contributed by atoms with Gasteiger partial charge in [0.2, 0.25) is 0 Å². The maximum absolute atomic E-state index is 11.2. The van der Waals surface area contributed by atoms with Crippen LogP contribution in [0.5, 0.6) is 0 Å². The van der Waals surface area contributed by atoms with E-state index in [1.165, 1.54) is 7.11 Å². The first-order chi connectivity index (χ1) is 8.15. The minimum absolute atomic E-state index is 0.322. The molecule has 0 aliphatic rings. The summed E-state index contributed by atoms with van der Waals surface area (Å²) in [6, 6.07) is 2.10. The average Bonchev–Trinajstić information content (AvgIpc) is 2.36. The molecule has 0 heterocycles. The van der Waals surface area contributed by atoms with Crippen LogP contribution >= 0.6 is 0 Å². The third-order valence-electron chi connectivity index (χ3n) is 2.31. The summed E-state index contributed by atoms with van der Waals surface area (Å²) in [6.45, 7) is 4.35. The van der Waals surface area contributed by atoms with Crippen LogP contribution in [-0.4, -0.2) is 51.3 Å². The van der Waals surface area contributed by atoms with E-state index in [4.69, 9.17) is 10.00 Å². The second-order valence-electron chi connectivity index (χ2n) is 3.58. The summed E-state index contributed by atoms with van der Waals surface area (Å²) < 4.78 is 9.59. The number of nitrogens with zero attached hydrogens (tertiary/aromatic N) is 2. The highest BCUT2D eigenvalue weighted by molar-refractivity contribution is 5.87. The van der Waals surface area contributed by atoms with Crippen molar-refractivity contribution in [2.75, 3.05) is 40.5 Å². The van der Waals surface area contributed by atoms with E-state index in [1.54, 1.807) is 20.1 Å². The zero-order valence-electron chi connectivity index (χ0n) is 10.7. The highest BCUT2D eigenvalue weighted by atomic mass is 16.5. The molecule has 0 amide bonds. The lowest BCUT2D eigenvalue weighted by Crippen LogP contribution is -2.29. The molecule has 0 aromatic rings. The van der Waals surface area contributed by atoms with Crippen LogP contribution < -0.4 is 0 Å². The van der Waals surface area contributed by atoms with Crippen LogP contribution in [0.3, 0.4) is 0 Å². The lowest BCUT2D eigenvalue weighted by Gasteiger charge is -2.18. The summed E-state index contributed by atoms with van der Waals surface area (Å²) >= 11 is 0. The van der Waals surface area contributed by atoms with Gasteiger partial charge in [-0.3, -0.25) is 4.90 Å². The molecular weight excluding hydrogens is 220 g/mol. The topological polar surface area (TPSA) is 62.6 Å². The number of ether oxygens (including phenoxy) is 2. The van der Waals surface area contributed by atoms with Crippen LogP contribution in [0, 0.1) is 11.3 Å². The van der Waals surface area contributed by atoms with Crippen LogP contribution in [0.25, 0.3) is 0 Å². The SMILES string of the molecule is COCCN(CC=C(C)C(=O)OC)CCC#N. The van der Waals surface area contributed by atoms with Gasteiger partial charge in [-0.15, -0.1) is 0 Å². The molecule has 0 aliphatic heterocycles. The van der Waals surface area contributed by atoms with Gasteiger partial charge < -0.3 is 9.47 Å². The van der Waals surface area contributed by atoms with Gasteiger partial charge in [-0.1, -0.05) is 6.08 Å². The fourth-order valence-corrected chi connectivity index (χ4v) is 1.23. The van der Waals surface area contributed by atoms with E-state index in [0.717, 1.165) is 6.54 Å². The van der Waals surface area contributed by atoms with Crippen molar-refractivity contribution in [3.63, 3.8) is 0 Å². The van der Waals surface area contributed by atoms with E-state index in [9.17, 15) is 4.79 Å². The van der Waals surface area contributed by atoms with Crippen molar-refractivity contribution < 1.29 is 14.3 Å². The molecule has 0 spiro atoms. The van der Waals surface area contributed by atoms with Crippen molar-refractivity contribution in [2.24, 2.45) is 0 Å². The van der Waals surface area contributed by atoms with Crippen LogP contribution in [0.1, 0.15) is 13.3 Å². The summed E-state index contributed by atoms with van der Waals surface area (Å²) in [6.07, 6.45) is 2.27. The number of esters is 1. The Kier molecular flexibility index (Phi) is 9.02. The molecule has 0 fully saturated rings. The van der Waals surface area contributed by atoms with Gasteiger partial charge in [-0.05, 0) is 6.92 Å². The fraction of sp³-hybridized carbons (Fsp3) is 0.667. The number of hydrogen-bond acceptors (Lipinski definition) is 5. The second kappa shape index (κ2) is 9.82. The smallest absolute Gasteiger partial charge is 0.333 e. The maximum atomic E-state index is 11.2. The van der Waals surface area contributed by atoms with Crippen LogP contribution in [-0.2, 0) is 14.3 Å². The molecule has 5 nitrogen and oxygen atoms in total. The lowest BCUT2D eigenvalue weighted by molar-refractivity contribution is -0.136. The van der Waals surface area contributed by atoms with Crippen molar-refractivity contribution in [3.05, 3.63) is 11.6 Å². The van der Waals surface area contributed by atoms with Gasteiger partial charge in [0.15, 0.2) is 0 Å². The number of rotatable bonds is 8. The van der Waals surface area contributed by atoms with Crippen molar-refractivity contribution in [3.8, 4) is 6.07 Å². The molecule has 5 heteroatoms. The van der Waals surface area contributed by atoms with Crippen LogP contribution in [0.4, 0.5) is 0 Å². The van der Waals surface area contributed by atoms with Crippen molar-refractivity contribution in [1.29, 1.82) is 5.26 Å². The molecule has 0 bridgehead atoms. The van der Waals surface area contributed by atoms with Gasteiger partial charge >= 0.3 is 5.97 Å². The summed E-state index contributed by atoms with van der Waals surface area (Å²) in [5, 5.41) is 8.55. The van der Waals surface area contributed by atoms with Crippen molar-refractivity contribution in [2.45, 2.75) is 13.3 Å². The molecule has 96 valence electrons. The van der Waals surface area contributed by atoms with Crippen LogP contribution in [0.2, 0.25) is 0 Å². The normalized spacial score (nSPS) is 11.4. The first kappa shape index (κ1) is 15.6. The van der Waals surface area contributed by atoms with Crippen LogP contribution in [0.15, 0.2) is 11.6 Å². The predicted octanol–water partition coefficient (Wildman–Crippen LogP) is 0.968. The van der Waals surface area contributed by atoms with E-state index in [0.29, 0.717) is 31.7 Å². The number of nitriles is 1. The Balaban J connectivity index is 4.22. The molecule has 0 atom stereocenters. The highest BCUT2D eigenvalue weighted by Gasteiger charge is 2.06. The van der Waals surface area contributed by atoms with E-state index in [2.05, 4.69) is 15.7 Å². The molecule has 0 N–H and O–H groups in total. The summed E-state index contributed by atoms with van der Waals surface area (Å²) in [5.41, 5.74) is 0.576. The molecule has 0 aromatic heterocycles. The second-order valence-corrected chi connectivity index (χ2v) is 3.58. The van der Waals surface area contributed by atoms with Gasteiger partial charge in [-0.2, -0.15) is 5.26 Å². The molecule has 0 aromatic carbocycles. The Morgan fingerprint density at radius 3 is 2.65 bits per heavy atom. The van der Waals surface area contributed by atoms with Gasteiger partial charge in [-0.25, -0.2) is 4.79 Å². The Morgan fingerprint density at radius 2 is 2.12 bits per heavy atom. The number of carbonyl (C=O) groups excluding carboxylic acids is 1. The van der Waals surface area contributed by atoms with Crippen molar-refractivity contribution in [1.82, 2.24) is 4.90 Å². The van der Waals surface area contributed by atoms with Gasteiger partial charge in [0.25, 0.3) is 0 Å². The number of carbonyl (C=O) groups is 1. The fourth-order valence-electron chi connectivity index (χ4n) is 1.23. The van der Waals surface area contributed by atoms with E-state index in [-0.39, 0.29) is 5.97 Å². The number of hydrogen-bond donors (Lipinski definition) is 0. The van der Waals surface area contributed by atoms with Gasteiger partial charge in [0.1, 0.15) is 0 Å². The molecule has 0 rings (SSSR count). The number of methoxy groups -OCH3 is 2. The molecule has 17 heavy (non-hydrogen) atoms. The van der Waals surface area contributed by atoms with Gasteiger partial charge in [0.05, 0.1) is 19.8 Å². The predicted molar refractivity (Wildman–Crippen MR) is 64.3 cm³/mol. The van der Waals surface area contributed by atoms with Gasteiger partial charge in [0, 0.05) is 38.7 Å². The molecule has 0 unspecified atom stereocenters. The first-order valence-corrected chi connectivity index (χ1v) is 5.49. The molecule has 0 saturated heterocycles. The molecule has 0 radical (unpaired) electrons. The minimum Gasteiger partial charge on any atom is -0.466 e. The van der Waals surface area contributed by atoms with Crippen molar-refractivity contribution >= 4 is 5.97 Å². The largest absolute Gasteiger partial charge is 0.466 e. The first-order valence-electron chi connectivity index (χ1n) is 5.49. The Morgan fingerprint density at radius 1 is 1.41 bits per heavy atom. The zero-order valence-corrected chi connectivity index (χ0v) is 10.7. The standard InChI is InChI=1S/C12H20N2O3/c1-11(12(15)17-3)5-8-14(7-4-6-13)9-10-16-2/h5H,4,7-10H2,1-3H3. The van der Waals surface area contributed by atoms with E-state index >= 15 is 0 Å². The van der Waals surface area contributed by atoms with E-state index < -0.39 is 0 Å². The monoisotopic (exact) mass is 240 g/mol. The third-order valence-corrected chi connectivity index (χ3v) is 2.31. The molecule has 0 aliphatic carbocycles. The summed E-state index contributed by atoms with van der Waals surface area (Å²) in [5.74, 6) is -0.322. The lowest BCUT2D eigenvalue weighted by atomic mass is 10.2. The Bertz CT molecular complexity index is 295. The highest BCUT2D eigenvalue weighted by Crippen LogP contribution is 1.98. The average molecular weight is 240 g/mol. The van der Waals surface area contributed by atoms with E-state index in [1.807, 2.05) is 0 Å². The summed E-state index contributed by atoms with van der Waals surface area (Å²) in [4.78, 5) is 13.2. The Hall–Kier alpha value is -1.38. The maximum Gasteiger partial charge on any atom is 0.333 e. The molecule has 0 saturated carbocycles.